The van der Waals surface area contributed by atoms with Gasteiger partial charge in [-0.15, -0.1) is 0 Å². The summed E-state index contributed by atoms with van der Waals surface area (Å²) in [4.78, 5) is 22.3. The SMILES string of the molecule is O=C(c1ccc([N+](=O)[O-])cc1)[C@@H]1N[C@H]1c1ccccc1. The number of benzene rings is 2. The molecule has 1 N–H and O–H groups in total. The monoisotopic (exact) mass is 268 g/mol. The maximum Gasteiger partial charge on any atom is 0.269 e. The fourth-order valence-electron chi connectivity index (χ4n) is 2.24. The zero-order valence-corrected chi connectivity index (χ0v) is 10.5. The van der Waals surface area contributed by atoms with Gasteiger partial charge in [0.15, 0.2) is 5.78 Å². The predicted octanol–water partition coefficient (Wildman–Crippen LogP) is 2.49. The first kappa shape index (κ1) is 12.5. The number of nitrogens with zero attached hydrogens (tertiary/aromatic N) is 1. The molecule has 1 heterocycles. The highest BCUT2D eigenvalue weighted by Gasteiger charge is 2.43. The van der Waals surface area contributed by atoms with Crippen LogP contribution in [0.4, 0.5) is 5.69 Å². The zero-order chi connectivity index (χ0) is 14.1. The van der Waals surface area contributed by atoms with Gasteiger partial charge in [-0.1, -0.05) is 30.3 Å². The summed E-state index contributed by atoms with van der Waals surface area (Å²) in [6.07, 6.45) is 0. The number of carbonyl (C=O) groups excluding carboxylic acids is 1. The van der Waals surface area contributed by atoms with E-state index in [9.17, 15) is 14.9 Å². The highest BCUT2D eigenvalue weighted by Crippen LogP contribution is 2.32. The number of rotatable bonds is 4. The normalized spacial score (nSPS) is 20.4. The molecule has 2 aromatic rings. The quantitative estimate of drug-likeness (QED) is 0.399. The molecule has 0 radical (unpaired) electrons. The lowest BCUT2D eigenvalue weighted by molar-refractivity contribution is -0.384. The predicted molar refractivity (Wildman–Crippen MR) is 73.5 cm³/mol. The second kappa shape index (κ2) is 4.86. The standard InChI is InChI=1S/C15H12N2O3/c18-15(11-6-8-12(9-7-11)17(19)20)14-13(16-14)10-4-2-1-3-5-10/h1-9,13-14,16H/t13-,14+/m0/s1. The van der Waals surface area contributed by atoms with Crippen LogP contribution in [0.2, 0.25) is 0 Å². The van der Waals surface area contributed by atoms with Crippen molar-refractivity contribution >= 4 is 11.5 Å². The van der Waals surface area contributed by atoms with Gasteiger partial charge in [-0.25, -0.2) is 0 Å². The molecule has 3 rings (SSSR count). The molecule has 1 aliphatic rings. The highest BCUT2D eigenvalue weighted by molar-refractivity contribution is 6.02. The van der Waals surface area contributed by atoms with Gasteiger partial charge in [0, 0.05) is 17.7 Å². The summed E-state index contributed by atoms with van der Waals surface area (Å²) in [6.45, 7) is 0. The molecule has 5 nitrogen and oxygen atoms in total. The van der Waals surface area contributed by atoms with Crippen LogP contribution in [-0.4, -0.2) is 16.7 Å². The van der Waals surface area contributed by atoms with E-state index in [4.69, 9.17) is 0 Å². The van der Waals surface area contributed by atoms with Crippen molar-refractivity contribution in [1.82, 2.24) is 5.32 Å². The Morgan fingerprint density at radius 1 is 1.05 bits per heavy atom. The van der Waals surface area contributed by atoms with E-state index in [1.807, 2.05) is 30.3 Å². The molecule has 100 valence electrons. The lowest BCUT2D eigenvalue weighted by atomic mass is 10.0. The van der Waals surface area contributed by atoms with E-state index in [1.54, 1.807) is 0 Å². The number of ketones is 1. The van der Waals surface area contributed by atoms with Crippen LogP contribution in [0.25, 0.3) is 0 Å². The largest absolute Gasteiger partial charge is 0.297 e. The van der Waals surface area contributed by atoms with Crippen molar-refractivity contribution in [2.75, 3.05) is 0 Å². The van der Waals surface area contributed by atoms with Crippen molar-refractivity contribution in [3.63, 3.8) is 0 Å². The van der Waals surface area contributed by atoms with Crippen LogP contribution in [0.3, 0.4) is 0 Å². The summed E-state index contributed by atoms with van der Waals surface area (Å²) in [6, 6.07) is 15.3. The minimum atomic E-state index is -0.476. The average molecular weight is 268 g/mol. The molecule has 1 fully saturated rings. The molecule has 1 saturated heterocycles. The number of nitrogens with one attached hydrogen (secondary N) is 1. The molecule has 20 heavy (non-hydrogen) atoms. The second-order valence-electron chi connectivity index (χ2n) is 4.70. The molecule has 0 aliphatic carbocycles. The van der Waals surface area contributed by atoms with Gasteiger partial charge in [0.1, 0.15) is 0 Å². The van der Waals surface area contributed by atoms with Gasteiger partial charge >= 0.3 is 0 Å². The second-order valence-corrected chi connectivity index (χ2v) is 4.70. The fourth-order valence-corrected chi connectivity index (χ4v) is 2.24. The van der Waals surface area contributed by atoms with Crippen LogP contribution in [-0.2, 0) is 0 Å². The average Bonchev–Trinajstić information content (AvgIpc) is 3.28. The molecule has 0 bridgehead atoms. The van der Waals surface area contributed by atoms with Crippen LogP contribution in [0.1, 0.15) is 22.0 Å². The molecule has 0 unspecified atom stereocenters. The number of nitro benzene ring substituents is 1. The maximum atomic E-state index is 12.2. The Kier molecular flexibility index (Phi) is 3.04. The van der Waals surface area contributed by atoms with E-state index < -0.39 is 4.92 Å². The summed E-state index contributed by atoms with van der Waals surface area (Å²) < 4.78 is 0. The summed E-state index contributed by atoms with van der Waals surface area (Å²) in [5.41, 5.74) is 1.56. The van der Waals surface area contributed by atoms with Crippen molar-refractivity contribution in [1.29, 1.82) is 0 Å². The third-order valence-electron chi connectivity index (χ3n) is 3.39. The third kappa shape index (κ3) is 2.31. The van der Waals surface area contributed by atoms with E-state index in [1.165, 1.54) is 24.3 Å². The van der Waals surface area contributed by atoms with E-state index in [0.29, 0.717) is 5.56 Å². The first-order valence-electron chi connectivity index (χ1n) is 6.26. The Balaban J connectivity index is 1.73. The lowest BCUT2D eigenvalue weighted by Gasteiger charge is -1.99. The Bertz CT molecular complexity index is 653. The number of non-ortho nitro benzene ring substituents is 1. The Morgan fingerprint density at radius 2 is 1.70 bits per heavy atom. The number of Topliss-reactive ketones (excluding diaryl/α,β-unsaturated/α-hetero) is 1. The van der Waals surface area contributed by atoms with Gasteiger partial charge in [-0.2, -0.15) is 0 Å². The summed E-state index contributed by atoms with van der Waals surface area (Å²) >= 11 is 0. The van der Waals surface area contributed by atoms with E-state index in [-0.39, 0.29) is 23.6 Å². The van der Waals surface area contributed by atoms with E-state index >= 15 is 0 Å². The molecule has 1 aliphatic heterocycles. The van der Waals surface area contributed by atoms with Crippen molar-refractivity contribution < 1.29 is 9.72 Å². The van der Waals surface area contributed by atoms with Crippen LogP contribution >= 0.6 is 0 Å². The molecular weight excluding hydrogens is 256 g/mol. The molecule has 0 saturated carbocycles. The maximum absolute atomic E-state index is 12.2. The van der Waals surface area contributed by atoms with Crippen molar-refractivity contribution in [2.45, 2.75) is 12.1 Å². The molecular formula is C15H12N2O3. The Labute approximate surface area is 115 Å². The fraction of sp³-hybridized carbons (Fsp3) is 0.133. The minimum Gasteiger partial charge on any atom is -0.297 e. The smallest absolute Gasteiger partial charge is 0.269 e. The first-order valence-corrected chi connectivity index (χ1v) is 6.26. The number of nitro groups is 1. The van der Waals surface area contributed by atoms with Crippen LogP contribution < -0.4 is 5.32 Å². The van der Waals surface area contributed by atoms with Crippen molar-refractivity contribution in [2.24, 2.45) is 0 Å². The van der Waals surface area contributed by atoms with Gasteiger partial charge in [-0.3, -0.25) is 20.2 Å². The number of carbonyl (C=O) groups is 1. The van der Waals surface area contributed by atoms with Gasteiger partial charge in [0.2, 0.25) is 0 Å². The zero-order valence-electron chi connectivity index (χ0n) is 10.5. The van der Waals surface area contributed by atoms with Crippen molar-refractivity contribution in [3.8, 4) is 0 Å². The van der Waals surface area contributed by atoms with Gasteiger partial charge in [-0.05, 0) is 17.7 Å². The van der Waals surface area contributed by atoms with Crippen LogP contribution in [0.5, 0.6) is 0 Å². The first-order chi connectivity index (χ1) is 9.66. The molecule has 0 amide bonds. The topological polar surface area (TPSA) is 82.1 Å². The van der Waals surface area contributed by atoms with E-state index in [0.717, 1.165) is 5.56 Å². The molecule has 0 aromatic heterocycles. The Morgan fingerprint density at radius 3 is 2.30 bits per heavy atom. The molecule has 2 aromatic carbocycles. The number of hydrogen-bond donors (Lipinski definition) is 1. The van der Waals surface area contributed by atoms with Crippen LogP contribution in [0, 0.1) is 10.1 Å². The lowest BCUT2D eigenvalue weighted by Crippen LogP contribution is -2.10. The Hall–Kier alpha value is -2.53. The highest BCUT2D eigenvalue weighted by atomic mass is 16.6. The molecule has 5 heteroatoms. The summed E-state index contributed by atoms with van der Waals surface area (Å²) in [5, 5.41) is 13.7. The summed E-state index contributed by atoms with van der Waals surface area (Å²) in [5.74, 6) is -0.0336. The number of hydrogen-bond acceptors (Lipinski definition) is 4. The summed E-state index contributed by atoms with van der Waals surface area (Å²) in [7, 11) is 0. The van der Waals surface area contributed by atoms with Gasteiger partial charge in [0.25, 0.3) is 5.69 Å². The van der Waals surface area contributed by atoms with Gasteiger partial charge in [0.05, 0.1) is 17.0 Å². The van der Waals surface area contributed by atoms with E-state index in [2.05, 4.69) is 5.32 Å². The van der Waals surface area contributed by atoms with Crippen LogP contribution in [0.15, 0.2) is 54.6 Å². The van der Waals surface area contributed by atoms with Gasteiger partial charge < -0.3 is 0 Å². The van der Waals surface area contributed by atoms with Crippen molar-refractivity contribution in [3.05, 3.63) is 75.8 Å². The minimum absolute atomic E-state index is 0.00934. The molecule has 2 atom stereocenters. The molecule has 0 spiro atoms. The third-order valence-corrected chi connectivity index (χ3v) is 3.39.